The van der Waals surface area contributed by atoms with Crippen LogP contribution in [0.2, 0.25) is 0 Å². The van der Waals surface area contributed by atoms with Gasteiger partial charge < -0.3 is 5.11 Å². The smallest absolute Gasteiger partial charge is 0.303 e. The number of hydrogen-bond acceptors (Lipinski definition) is 4. The Kier molecular flexibility index (Phi) is 6.89. The number of carbonyl (C=O) groups is 3. The standard InChI is InChI=1S/C14H16O4S/c15-12(10-19-8-4-7-14(17)18)9-13(16)11-5-2-1-3-6-11/h1-3,5-6H,4,7-10H2,(H,17,18). The zero-order chi connectivity index (χ0) is 14.1. The summed E-state index contributed by atoms with van der Waals surface area (Å²) >= 11 is 1.38. The third kappa shape index (κ3) is 6.76. The van der Waals surface area contributed by atoms with Gasteiger partial charge in [0.25, 0.3) is 0 Å². The predicted octanol–water partition coefficient (Wildman–Crippen LogP) is 2.43. The first-order chi connectivity index (χ1) is 9.09. The van der Waals surface area contributed by atoms with Crippen LogP contribution >= 0.6 is 11.8 Å². The summed E-state index contributed by atoms with van der Waals surface area (Å²) < 4.78 is 0. The van der Waals surface area contributed by atoms with E-state index in [1.165, 1.54) is 11.8 Å². The lowest BCUT2D eigenvalue weighted by atomic mass is 10.1. The van der Waals surface area contributed by atoms with Gasteiger partial charge in [0, 0.05) is 12.0 Å². The summed E-state index contributed by atoms with van der Waals surface area (Å²) in [5.41, 5.74) is 0.548. The first-order valence-electron chi connectivity index (χ1n) is 5.99. The SMILES string of the molecule is O=C(O)CCCSCC(=O)CC(=O)c1ccccc1. The number of benzene rings is 1. The van der Waals surface area contributed by atoms with E-state index in [4.69, 9.17) is 5.11 Å². The fraction of sp³-hybridized carbons (Fsp3) is 0.357. The molecule has 0 aliphatic rings. The first kappa shape index (κ1) is 15.4. The van der Waals surface area contributed by atoms with E-state index in [0.717, 1.165) is 0 Å². The molecule has 0 amide bonds. The number of hydrogen-bond donors (Lipinski definition) is 1. The molecule has 0 radical (unpaired) electrons. The average Bonchev–Trinajstić information content (AvgIpc) is 2.39. The van der Waals surface area contributed by atoms with E-state index >= 15 is 0 Å². The van der Waals surface area contributed by atoms with Crippen LogP contribution in [-0.4, -0.2) is 34.1 Å². The third-order valence-corrected chi connectivity index (χ3v) is 3.50. The Morgan fingerprint density at radius 2 is 1.79 bits per heavy atom. The second-order valence-corrected chi connectivity index (χ2v) is 5.16. The number of carboxylic acids is 1. The molecular weight excluding hydrogens is 264 g/mol. The molecule has 1 aromatic carbocycles. The van der Waals surface area contributed by atoms with Crippen LogP contribution in [0, 0.1) is 0 Å². The molecule has 1 N–H and O–H groups in total. The van der Waals surface area contributed by atoms with Gasteiger partial charge in [0.15, 0.2) is 5.78 Å². The molecule has 0 bridgehead atoms. The molecular formula is C14H16O4S. The number of ketones is 2. The minimum Gasteiger partial charge on any atom is -0.481 e. The van der Waals surface area contributed by atoms with Crippen LogP contribution in [0.3, 0.4) is 0 Å². The first-order valence-corrected chi connectivity index (χ1v) is 7.14. The number of carboxylic acid groups (broad SMARTS) is 1. The van der Waals surface area contributed by atoms with Crippen LogP contribution in [0.5, 0.6) is 0 Å². The van der Waals surface area contributed by atoms with Gasteiger partial charge in [0.2, 0.25) is 0 Å². The van der Waals surface area contributed by atoms with Crippen LogP contribution in [0.4, 0.5) is 0 Å². The van der Waals surface area contributed by atoms with Crippen molar-refractivity contribution in [1.29, 1.82) is 0 Å². The molecule has 0 saturated heterocycles. The Morgan fingerprint density at radius 3 is 2.42 bits per heavy atom. The highest BCUT2D eigenvalue weighted by atomic mass is 32.2. The number of aliphatic carboxylic acids is 1. The van der Waals surface area contributed by atoms with Gasteiger partial charge in [-0.1, -0.05) is 30.3 Å². The lowest BCUT2D eigenvalue weighted by Gasteiger charge is -2.01. The van der Waals surface area contributed by atoms with Crippen molar-refractivity contribution in [1.82, 2.24) is 0 Å². The molecule has 4 nitrogen and oxygen atoms in total. The molecule has 1 aromatic rings. The van der Waals surface area contributed by atoms with Gasteiger partial charge in [-0.05, 0) is 12.2 Å². The lowest BCUT2D eigenvalue weighted by Crippen LogP contribution is -2.10. The van der Waals surface area contributed by atoms with E-state index < -0.39 is 5.97 Å². The summed E-state index contributed by atoms with van der Waals surface area (Å²) in [6.45, 7) is 0. The molecule has 5 heteroatoms. The van der Waals surface area contributed by atoms with Crippen LogP contribution in [0.1, 0.15) is 29.6 Å². The summed E-state index contributed by atoms with van der Waals surface area (Å²) in [6, 6.07) is 8.72. The fourth-order valence-electron chi connectivity index (χ4n) is 1.47. The van der Waals surface area contributed by atoms with E-state index in [2.05, 4.69) is 0 Å². The van der Waals surface area contributed by atoms with E-state index in [9.17, 15) is 14.4 Å². The number of carbonyl (C=O) groups excluding carboxylic acids is 2. The zero-order valence-corrected chi connectivity index (χ0v) is 11.3. The predicted molar refractivity (Wildman–Crippen MR) is 74.6 cm³/mol. The highest BCUT2D eigenvalue weighted by molar-refractivity contribution is 7.99. The van der Waals surface area contributed by atoms with Crippen molar-refractivity contribution in [2.75, 3.05) is 11.5 Å². The Morgan fingerprint density at radius 1 is 1.11 bits per heavy atom. The van der Waals surface area contributed by atoms with Gasteiger partial charge in [0.1, 0.15) is 5.78 Å². The van der Waals surface area contributed by atoms with Crippen LogP contribution in [0.15, 0.2) is 30.3 Å². The topological polar surface area (TPSA) is 71.4 Å². The Hall–Kier alpha value is -1.62. The van der Waals surface area contributed by atoms with Gasteiger partial charge in [-0.2, -0.15) is 11.8 Å². The van der Waals surface area contributed by atoms with Crippen LogP contribution in [-0.2, 0) is 9.59 Å². The molecule has 0 spiro atoms. The molecule has 19 heavy (non-hydrogen) atoms. The van der Waals surface area contributed by atoms with Gasteiger partial charge in [-0.15, -0.1) is 0 Å². The van der Waals surface area contributed by atoms with Crippen molar-refractivity contribution in [3.63, 3.8) is 0 Å². The summed E-state index contributed by atoms with van der Waals surface area (Å²) in [4.78, 5) is 33.6. The third-order valence-electron chi connectivity index (χ3n) is 2.40. The molecule has 0 fully saturated rings. The van der Waals surface area contributed by atoms with Crippen molar-refractivity contribution >= 4 is 29.3 Å². The van der Waals surface area contributed by atoms with Crippen molar-refractivity contribution in [2.24, 2.45) is 0 Å². The van der Waals surface area contributed by atoms with Crippen molar-refractivity contribution in [3.05, 3.63) is 35.9 Å². The molecule has 0 saturated carbocycles. The summed E-state index contributed by atoms with van der Waals surface area (Å²) in [5.74, 6) is -0.229. The fourth-order valence-corrected chi connectivity index (χ4v) is 2.29. The number of Topliss-reactive ketones (excluding diaryl/α,β-unsaturated/α-hetero) is 2. The zero-order valence-electron chi connectivity index (χ0n) is 10.5. The van der Waals surface area contributed by atoms with E-state index in [0.29, 0.717) is 17.7 Å². The summed E-state index contributed by atoms with van der Waals surface area (Å²) in [6.07, 6.45) is 0.569. The van der Waals surface area contributed by atoms with Gasteiger partial charge in [0.05, 0.1) is 12.2 Å². The lowest BCUT2D eigenvalue weighted by molar-refractivity contribution is -0.137. The molecule has 0 aromatic heterocycles. The molecule has 0 atom stereocenters. The summed E-state index contributed by atoms with van der Waals surface area (Å²) in [7, 11) is 0. The maximum absolute atomic E-state index is 11.7. The van der Waals surface area contributed by atoms with E-state index in [-0.39, 0.29) is 30.2 Å². The highest BCUT2D eigenvalue weighted by Crippen LogP contribution is 2.08. The quantitative estimate of drug-likeness (QED) is 0.427. The number of rotatable bonds is 9. The van der Waals surface area contributed by atoms with Crippen molar-refractivity contribution in [2.45, 2.75) is 19.3 Å². The Bertz CT molecular complexity index is 442. The minimum atomic E-state index is -0.828. The second-order valence-electron chi connectivity index (χ2n) is 4.05. The van der Waals surface area contributed by atoms with Gasteiger partial charge >= 0.3 is 5.97 Å². The van der Waals surface area contributed by atoms with Gasteiger partial charge in [-0.3, -0.25) is 14.4 Å². The van der Waals surface area contributed by atoms with Crippen LogP contribution in [0.25, 0.3) is 0 Å². The maximum Gasteiger partial charge on any atom is 0.303 e. The molecule has 0 aliphatic carbocycles. The molecule has 1 rings (SSSR count). The molecule has 0 unspecified atom stereocenters. The molecule has 0 heterocycles. The Balaban J connectivity index is 2.21. The van der Waals surface area contributed by atoms with Crippen molar-refractivity contribution < 1.29 is 19.5 Å². The molecule has 102 valence electrons. The Labute approximate surface area is 116 Å². The van der Waals surface area contributed by atoms with Crippen LogP contribution < -0.4 is 0 Å². The minimum absolute atomic E-state index is 0.0874. The average molecular weight is 280 g/mol. The normalized spacial score (nSPS) is 10.1. The molecule has 0 aliphatic heterocycles. The second kappa shape index (κ2) is 8.48. The summed E-state index contributed by atoms with van der Waals surface area (Å²) in [5, 5.41) is 8.45. The highest BCUT2D eigenvalue weighted by Gasteiger charge is 2.11. The largest absolute Gasteiger partial charge is 0.481 e. The monoisotopic (exact) mass is 280 g/mol. The maximum atomic E-state index is 11.7. The van der Waals surface area contributed by atoms with Gasteiger partial charge in [-0.25, -0.2) is 0 Å². The van der Waals surface area contributed by atoms with Crippen molar-refractivity contribution in [3.8, 4) is 0 Å². The number of thioether (sulfide) groups is 1. The van der Waals surface area contributed by atoms with E-state index in [1.807, 2.05) is 6.07 Å². The van der Waals surface area contributed by atoms with E-state index in [1.54, 1.807) is 24.3 Å².